The van der Waals surface area contributed by atoms with Crippen molar-refractivity contribution in [3.8, 4) is 17.1 Å². The first-order valence-electron chi connectivity index (χ1n) is 12.6. The highest BCUT2D eigenvalue weighted by Crippen LogP contribution is 2.41. The van der Waals surface area contributed by atoms with Gasteiger partial charge in [-0.3, -0.25) is 9.36 Å². The number of halogens is 1. The van der Waals surface area contributed by atoms with E-state index in [2.05, 4.69) is 32.4 Å². The Kier molecular flexibility index (Phi) is 6.29. The van der Waals surface area contributed by atoms with E-state index in [9.17, 15) is 4.79 Å². The third kappa shape index (κ3) is 4.39. The number of benzene rings is 2. The average molecular weight is 528 g/mol. The van der Waals surface area contributed by atoms with Crippen molar-refractivity contribution < 1.29 is 4.42 Å². The minimum atomic E-state index is -0.154. The van der Waals surface area contributed by atoms with Crippen LogP contribution >= 0.6 is 11.6 Å². The summed E-state index contributed by atoms with van der Waals surface area (Å²) >= 11 is 6.47. The Morgan fingerprint density at radius 2 is 1.95 bits per heavy atom. The van der Waals surface area contributed by atoms with E-state index in [1.54, 1.807) is 10.6 Å². The highest BCUT2D eigenvalue weighted by Gasteiger charge is 2.30. The van der Waals surface area contributed by atoms with E-state index in [-0.39, 0.29) is 17.3 Å². The molecule has 192 valence electrons. The third-order valence-corrected chi connectivity index (χ3v) is 7.24. The molecule has 9 nitrogen and oxygen atoms in total. The highest BCUT2D eigenvalue weighted by molar-refractivity contribution is 6.35. The summed E-state index contributed by atoms with van der Waals surface area (Å²) in [4.78, 5) is 22.4. The molecule has 0 radical (unpaired) electrons. The van der Waals surface area contributed by atoms with Gasteiger partial charge < -0.3 is 15.5 Å². The van der Waals surface area contributed by atoms with E-state index >= 15 is 0 Å². The Morgan fingerprint density at radius 1 is 1.13 bits per heavy atom. The van der Waals surface area contributed by atoms with Gasteiger partial charge in [-0.05, 0) is 48.9 Å². The number of nitrogens with one attached hydrogen (secondary N) is 1. The number of pyridine rings is 1. The maximum absolute atomic E-state index is 13.8. The second-order valence-corrected chi connectivity index (χ2v) is 9.84. The van der Waals surface area contributed by atoms with Crippen molar-refractivity contribution in [2.24, 2.45) is 0 Å². The van der Waals surface area contributed by atoms with Crippen molar-refractivity contribution in [1.82, 2.24) is 24.7 Å². The molecule has 1 saturated carbocycles. The molecular formula is C28H26ClN7O2. The molecule has 1 aliphatic rings. The molecule has 0 amide bonds. The van der Waals surface area contributed by atoms with Crippen LogP contribution in [-0.2, 0) is 0 Å². The Balaban J connectivity index is 1.40. The monoisotopic (exact) mass is 527 g/mol. The summed E-state index contributed by atoms with van der Waals surface area (Å²) < 4.78 is 7.65. The number of aromatic nitrogens is 5. The number of hydrogen-bond acceptors (Lipinski definition) is 8. The molecule has 6 rings (SSSR count). The van der Waals surface area contributed by atoms with E-state index in [0.717, 1.165) is 36.0 Å². The lowest BCUT2D eigenvalue weighted by Crippen LogP contribution is -2.26. The molecule has 1 fully saturated rings. The summed E-state index contributed by atoms with van der Waals surface area (Å²) in [6, 6.07) is 17.2. The first-order chi connectivity index (χ1) is 18.5. The van der Waals surface area contributed by atoms with Crippen LogP contribution in [0.3, 0.4) is 0 Å². The van der Waals surface area contributed by atoms with Crippen molar-refractivity contribution in [3.63, 3.8) is 0 Å². The third-order valence-electron chi connectivity index (χ3n) is 6.92. The fourth-order valence-corrected chi connectivity index (χ4v) is 5.00. The number of nitrogens with two attached hydrogens (primary N) is 1. The van der Waals surface area contributed by atoms with Crippen molar-refractivity contribution in [2.75, 3.05) is 17.6 Å². The normalized spacial score (nSPS) is 14.1. The minimum Gasteiger partial charge on any atom is -0.420 e. The zero-order valence-corrected chi connectivity index (χ0v) is 21.5. The molecular weight excluding hydrogens is 502 g/mol. The predicted molar refractivity (Wildman–Crippen MR) is 148 cm³/mol. The van der Waals surface area contributed by atoms with E-state index < -0.39 is 0 Å². The molecule has 3 heterocycles. The maximum Gasteiger partial charge on any atom is 0.264 e. The van der Waals surface area contributed by atoms with Crippen LogP contribution in [0.15, 0.2) is 70.1 Å². The topological polar surface area (TPSA) is 125 Å². The quantitative estimate of drug-likeness (QED) is 0.269. The second-order valence-electron chi connectivity index (χ2n) is 9.44. The van der Waals surface area contributed by atoms with E-state index in [1.807, 2.05) is 48.5 Å². The van der Waals surface area contributed by atoms with E-state index in [1.165, 1.54) is 6.33 Å². The summed E-state index contributed by atoms with van der Waals surface area (Å²) in [7, 11) is 0. The zero-order chi connectivity index (χ0) is 26.2. The maximum atomic E-state index is 13.8. The second kappa shape index (κ2) is 9.90. The van der Waals surface area contributed by atoms with E-state index in [4.69, 9.17) is 21.8 Å². The number of hydrogen-bond donors (Lipinski definition) is 2. The molecule has 1 atom stereocenters. The van der Waals surface area contributed by atoms with Crippen LogP contribution in [0, 0.1) is 0 Å². The number of rotatable bonds is 8. The van der Waals surface area contributed by atoms with Gasteiger partial charge in [-0.25, -0.2) is 9.97 Å². The first-order valence-corrected chi connectivity index (χ1v) is 13.0. The molecule has 5 aromatic rings. The van der Waals surface area contributed by atoms with Gasteiger partial charge in [0, 0.05) is 29.8 Å². The van der Waals surface area contributed by atoms with Crippen LogP contribution in [0.25, 0.3) is 27.9 Å². The summed E-state index contributed by atoms with van der Waals surface area (Å²) in [5.41, 5.74) is 8.19. The molecule has 3 N–H and O–H groups in total. The largest absolute Gasteiger partial charge is 0.420 e. The molecule has 0 spiro atoms. The van der Waals surface area contributed by atoms with Gasteiger partial charge in [0.15, 0.2) is 0 Å². The number of nitrogens with zero attached hydrogens (tertiary/aromatic N) is 5. The fraction of sp³-hybridized carbons (Fsp3) is 0.250. The zero-order valence-electron chi connectivity index (χ0n) is 20.8. The van der Waals surface area contributed by atoms with Crippen LogP contribution in [0.2, 0.25) is 5.02 Å². The molecule has 3 aromatic heterocycles. The fourth-order valence-electron chi connectivity index (χ4n) is 4.74. The number of anilines is 2. The Morgan fingerprint density at radius 3 is 2.71 bits per heavy atom. The van der Waals surface area contributed by atoms with Gasteiger partial charge in [-0.1, -0.05) is 48.9 Å². The van der Waals surface area contributed by atoms with Crippen LogP contribution in [-0.4, -0.2) is 31.3 Å². The molecule has 2 aromatic carbocycles. The van der Waals surface area contributed by atoms with Gasteiger partial charge in [0.05, 0.1) is 10.4 Å². The molecule has 1 aliphatic carbocycles. The Labute approximate surface area is 223 Å². The van der Waals surface area contributed by atoms with Crippen molar-refractivity contribution in [2.45, 2.75) is 38.0 Å². The van der Waals surface area contributed by atoms with Crippen molar-refractivity contribution in [3.05, 3.63) is 87.9 Å². The van der Waals surface area contributed by atoms with Gasteiger partial charge in [0.25, 0.3) is 11.4 Å². The lowest BCUT2D eigenvalue weighted by molar-refractivity contribution is 0.508. The van der Waals surface area contributed by atoms with Gasteiger partial charge in [0.1, 0.15) is 23.5 Å². The Bertz CT molecular complexity index is 1680. The minimum absolute atomic E-state index is 0.0555. The van der Waals surface area contributed by atoms with Crippen LogP contribution in [0.1, 0.15) is 49.6 Å². The molecule has 10 heteroatoms. The Hall–Kier alpha value is -4.24. The number of nitrogen functional groups attached to an aromatic ring is 1. The number of fused-ring (bicyclic) bond motifs is 1. The highest BCUT2D eigenvalue weighted by atomic mass is 35.5. The summed E-state index contributed by atoms with van der Waals surface area (Å²) in [6.45, 7) is 2.56. The van der Waals surface area contributed by atoms with Gasteiger partial charge >= 0.3 is 0 Å². The number of para-hydroxylation sites is 1. The molecule has 0 bridgehead atoms. The van der Waals surface area contributed by atoms with Crippen LogP contribution in [0.5, 0.6) is 0 Å². The first kappa shape index (κ1) is 24.1. The van der Waals surface area contributed by atoms with Crippen LogP contribution in [0.4, 0.5) is 11.6 Å². The predicted octanol–water partition coefficient (Wildman–Crippen LogP) is 5.55. The van der Waals surface area contributed by atoms with Crippen LogP contribution < -0.4 is 16.6 Å². The lowest BCUT2D eigenvalue weighted by Gasteiger charge is -2.23. The van der Waals surface area contributed by atoms with Gasteiger partial charge in [-0.2, -0.15) is 0 Å². The van der Waals surface area contributed by atoms with Gasteiger partial charge in [-0.15, -0.1) is 10.2 Å². The molecule has 1 unspecified atom stereocenters. The summed E-state index contributed by atoms with van der Waals surface area (Å²) in [5, 5.41) is 13.5. The SMILES string of the molecule is CCC(CNc1ncnc(N)c1-c1nnc(C2CC2)o1)c1cc2cccc(Cl)c2c(=O)n1-c1ccccc1. The van der Waals surface area contributed by atoms with Gasteiger partial charge in [0.2, 0.25) is 5.89 Å². The summed E-state index contributed by atoms with van der Waals surface area (Å²) in [5.74, 6) is 1.92. The summed E-state index contributed by atoms with van der Waals surface area (Å²) in [6.07, 6.45) is 4.25. The molecule has 38 heavy (non-hydrogen) atoms. The smallest absolute Gasteiger partial charge is 0.264 e. The van der Waals surface area contributed by atoms with Crippen molar-refractivity contribution >= 4 is 34.0 Å². The average Bonchev–Trinajstić information content (AvgIpc) is 3.66. The lowest BCUT2D eigenvalue weighted by atomic mass is 9.98. The molecule has 0 saturated heterocycles. The van der Waals surface area contributed by atoms with E-state index in [0.29, 0.717) is 46.0 Å². The van der Waals surface area contributed by atoms with Crippen molar-refractivity contribution in [1.29, 1.82) is 0 Å². The standard InChI is InChI=1S/C28H26ClN7O2/c1-2-16(14-31-25-23(24(30)32-15-33-25)27-35-34-26(38-27)17-11-12-17)21-13-18-7-6-10-20(29)22(18)28(37)36(21)19-8-4-3-5-9-19/h3-10,13,15-17H,2,11-12,14H2,1H3,(H3,30,31,32,33). The molecule has 0 aliphatic heterocycles.